The molecule has 1 atom stereocenters. The first-order valence-electron chi connectivity index (χ1n) is 4.08. The second-order valence-corrected chi connectivity index (χ2v) is 4.18. The van der Waals surface area contributed by atoms with E-state index in [4.69, 9.17) is 5.73 Å². The molecule has 3 nitrogen and oxygen atoms in total. The summed E-state index contributed by atoms with van der Waals surface area (Å²) in [7, 11) is -0.196. The normalized spacial score (nSPS) is 13.3. The highest BCUT2D eigenvalue weighted by atomic mass is 31.1. The average molecular weight is 179 g/mol. The Morgan fingerprint density at radius 2 is 1.91 bits per heavy atom. The summed E-state index contributed by atoms with van der Waals surface area (Å²) in [5, 5.41) is 0. The molecule has 0 rings (SSSR count). The fourth-order valence-electron chi connectivity index (χ4n) is 0.869. The predicted octanol–water partition coefficient (Wildman–Crippen LogP) is 1.63. The van der Waals surface area contributed by atoms with E-state index >= 15 is 0 Å². The quantitative estimate of drug-likeness (QED) is 0.477. The molecule has 0 bridgehead atoms. The van der Waals surface area contributed by atoms with Crippen LogP contribution in [0.5, 0.6) is 0 Å². The molecule has 0 saturated carbocycles. The lowest BCUT2D eigenvalue weighted by Crippen LogP contribution is -1.97. The number of unbranched alkanes of at least 4 members (excludes halogenated alkanes) is 3. The van der Waals surface area contributed by atoms with Crippen LogP contribution in [0.3, 0.4) is 0 Å². The molecule has 1 unspecified atom stereocenters. The van der Waals surface area contributed by atoms with Crippen LogP contribution in [0, 0.1) is 0 Å². The minimum Gasteiger partial charge on any atom is -0.334 e. The molecule has 11 heavy (non-hydrogen) atoms. The Bertz CT molecular complexity index is 109. The molecular formula is C7H18NO2P. The van der Waals surface area contributed by atoms with Crippen LogP contribution < -0.4 is 5.73 Å². The fourth-order valence-corrected chi connectivity index (χ4v) is 1.61. The zero-order valence-electron chi connectivity index (χ0n) is 7.14. The number of hydrogen-bond donors (Lipinski definition) is 1. The van der Waals surface area contributed by atoms with Gasteiger partial charge in [-0.1, -0.05) is 12.8 Å². The summed E-state index contributed by atoms with van der Waals surface area (Å²) in [6.07, 6.45) is 5.08. The topological polar surface area (TPSA) is 52.3 Å². The van der Waals surface area contributed by atoms with E-state index in [9.17, 15) is 4.57 Å². The van der Waals surface area contributed by atoms with Crippen molar-refractivity contribution >= 4 is 8.03 Å². The van der Waals surface area contributed by atoms with Crippen molar-refractivity contribution < 1.29 is 9.09 Å². The minimum absolute atomic E-state index is 0.728. The Kier molecular flexibility index (Phi) is 8.36. The molecule has 0 aromatic carbocycles. The van der Waals surface area contributed by atoms with Gasteiger partial charge in [-0.05, 0) is 19.4 Å². The third-order valence-electron chi connectivity index (χ3n) is 1.56. The van der Waals surface area contributed by atoms with Gasteiger partial charge in [0.15, 0.2) is 8.03 Å². The van der Waals surface area contributed by atoms with Crippen molar-refractivity contribution in [3.05, 3.63) is 0 Å². The van der Waals surface area contributed by atoms with Gasteiger partial charge in [0.05, 0.1) is 0 Å². The van der Waals surface area contributed by atoms with Crippen molar-refractivity contribution in [1.82, 2.24) is 0 Å². The van der Waals surface area contributed by atoms with Crippen LogP contribution in [0.15, 0.2) is 0 Å². The van der Waals surface area contributed by atoms with E-state index in [0.717, 1.165) is 38.4 Å². The first kappa shape index (κ1) is 11.2. The van der Waals surface area contributed by atoms with Gasteiger partial charge in [-0.2, -0.15) is 0 Å². The van der Waals surface area contributed by atoms with Gasteiger partial charge < -0.3 is 10.3 Å². The molecule has 0 spiro atoms. The molecule has 0 aliphatic rings. The Morgan fingerprint density at radius 3 is 2.45 bits per heavy atom. The zero-order valence-corrected chi connectivity index (χ0v) is 8.14. The van der Waals surface area contributed by atoms with Crippen LogP contribution in [0.4, 0.5) is 0 Å². The van der Waals surface area contributed by atoms with Crippen molar-refractivity contribution in [3.8, 4) is 0 Å². The smallest absolute Gasteiger partial charge is 0.191 e. The molecule has 0 heterocycles. The van der Waals surface area contributed by atoms with Crippen molar-refractivity contribution in [2.24, 2.45) is 5.73 Å². The molecule has 2 N–H and O–H groups in total. The lowest BCUT2D eigenvalue weighted by molar-refractivity contribution is 0.413. The summed E-state index contributed by atoms with van der Waals surface area (Å²) in [4.78, 5) is 0. The number of rotatable bonds is 7. The van der Waals surface area contributed by atoms with Crippen molar-refractivity contribution in [1.29, 1.82) is 0 Å². The number of nitrogens with two attached hydrogens (primary N) is 1. The van der Waals surface area contributed by atoms with Crippen LogP contribution in [-0.4, -0.2) is 19.8 Å². The first-order chi connectivity index (χ1) is 5.31. The summed E-state index contributed by atoms with van der Waals surface area (Å²) in [5.74, 6) is 0. The average Bonchev–Trinajstić information content (AvgIpc) is 2.04. The van der Waals surface area contributed by atoms with Crippen LogP contribution in [0.1, 0.15) is 25.7 Å². The summed E-state index contributed by atoms with van der Waals surface area (Å²) in [6.45, 7) is 0.763. The van der Waals surface area contributed by atoms with E-state index in [1.807, 2.05) is 0 Å². The SMILES string of the molecule is CO[PH](=O)CCCCCCN. The number of hydrogen-bond acceptors (Lipinski definition) is 3. The second kappa shape index (κ2) is 8.25. The Balaban J connectivity index is 2.95. The van der Waals surface area contributed by atoms with E-state index in [0.29, 0.717) is 0 Å². The van der Waals surface area contributed by atoms with Crippen LogP contribution in [-0.2, 0) is 9.09 Å². The van der Waals surface area contributed by atoms with Gasteiger partial charge in [-0.25, -0.2) is 0 Å². The fraction of sp³-hybridized carbons (Fsp3) is 1.00. The van der Waals surface area contributed by atoms with Crippen molar-refractivity contribution in [3.63, 3.8) is 0 Å². The Morgan fingerprint density at radius 1 is 1.27 bits per heavy atom. The van der Waals surface area contributed by atoms with E-state index < -0.39 is 8.03 Å². The summed E-state index contributed by atoms with van der Waals surface area (Å²) in [6, 6.07) is 0. The molecule has 0 aromatic rings. The monoisotopic (exact) mass is 179 g/mol. The largest absolute Gasteiger partial charge is 0.334 e. The van der Waals surface area contributed by atoms with E-state index in [1.54, 1.807) is 0 Å². The van der Waals surface area contributed by atoms with E-state index in [-0.39, 0.29) is 0 Å². The van der Waals surface area contributed by atoms with Gasteiger partial charge in [-0.3, -0.25) is 4.57 Å². The molecule has 0 radical (unpaired) electrons. The van der Waals surface area contributed by atoms with E-state index in [2.05, 4.69) is 4.52 Å². The Hall–Kier alpha value is 0.150. The van der Waals surface area contributed by atoms with E-state index in [1.165, 1.54) is 7.11 Å². The highest BCUT2D eigenvalue weighted by Gasteiger charge is 1.95. The summed E-state index contributed by atoms with van der Waals surface area (Å²) < 4.78 is 15.5. The maximum atomic E-state index is 10.8. The van der Waals surface area contributed by atoms with Gasteiger partial charge >= 0.3 is 0 Å². The molecule has 0 aromatic heterocycles. The van der Waals surface area contributed by atoms with Crippen LogP contribution in [0.2, 0.25) is 0 Å². The zero-order chi connectivity index (χ0) is 8.53. The standard InChI is InChI=1S/C7H18NO2P/c1-10-11(9)7-5-3-2-4-6-8/h11H,2-8H2,1H3. The van der Waals surface area contributed by atoms with Gasteiger partial charge in [-0.15, -0.1) is 0 Å². The molecule has 0 aliphatic carbocycles. The molecule has 0 fully saturated rings. The Labute approximate surface area is 69.2 Å². The molecule has 0 saturated heterocycles. The molecule has 4 heteroatoms. The van der Waals surface area contributed by atoms with Crippen LogP contribution >= 0.6 is 8.03 Å². The highest BCUT2D eigenvalue weighted by molar-refractivity contribution is 7.39. The molecule has 0 aliphatic heterocycles. The molecule has 68 valence electrons. The van der Waals surface area contributed by atoms with Crippen molar-refractivity contribution in [2.75, 3.05) is 19.8 Å². The third-order valence-corrected chi connectivity index (χ3v) is 2.78. The molecule has 0 amide bonds. The van der Waals surface area contributed by atoms with Gasteiger partial charge in [0.1, 0.15) is 0 Å². The van der Waals surface area contributed by atoms with Gasteiger partial charge in [0, 0.05) is 13.3 Å². The summed E-state index contributed by atoms with van der Waals surface area (Å²) in [5.41, 5.74) is 5.32. The third kappa shape index (κ3) is 8.05. The predicted molar refractivity (Wildman–Crippen MR) is 48.4 cm³/mol. The maximum Gasteiger partial charge on any atom is 0.191 e. The lowest BCUT2D eigenvalue weighted by Gasteiger charge is -1.98. The van der Waals surface area contributed by atoms with Crippen LogP contribution in [0.25, 0.3) is 0 Å². The first-order valence-corrected chi connectivity index (χ1v) is 5.60. The molecular weight excluding hydrogens is 161 g/mol. The van der Waals surface area contributed by atoms with Gasteiger partial charge in [0.25, 0.3) is 0 Å². The summed E-state index contributed by atoms with van der Waals surface area (Å²) >= 11 is 0. The lowest BCUT2D eigenvalue weighted by atomic mass is 10.2. The van der Waals surface area contributed by atoms with Crippen molar-refractivity contribution in [2.45, 2.75) is 25.7 Å². The maximum absolute atomic E-state index is 10.8. The van der Waals surface area contributed by atoms with Gasteiger partial charge in [0.2, 0.25) is 0 Å². The minimum atomic E-state index is -1.70. The second-order valence-electron chi connectivity index (χ2n) is 2.53. The highest BCUT2D eigenvalue weighted by Crippen LogP contribution is 2.22.